The predicted octanol–water partition coefficient (Wildman–Crippen LogP) is 3.73. The van der Waals surface area contributed by atoms with Crippen molar-refractivity contribution < 1.29 is 28.5 Å². The van der Waals surface area contributed by atoms with E-state index in [1.165, 1.54) is 7.11 Å². The number of nitrogens with zero attached hydrogens (tertiary/aromatic N) is 1. The van der Waals surface area contributed by atoms with Gasteiger partial charge in [0.2, 0.25) is 5.75 Å². The van der Waals surface area contributed by atoms with E-state index in [2.05, 4.69) is 6.07 Å². The molecule has 1 fully saturated rings. The van der Waals surface area contributed by atoms with Gasteiger partial charge in [0.15, 0.2) is 23.9 Å². The van der Waals surface area contributed by atoms with Crippen molar-refractivity contribution in [3.63, 3.8) is 0 Å². The highest BCUT2D eigenvalue weighted by Crippen LogP contribution is 2.47. The Hall–Kier alpha value is -3.22. The minimum Gasteiger partial charge on any atom is -0.493 e. The molecule has 2 aliphatic heterocycles. The van der Waals surface area contributed by atoms with E-state index in [9.17, 15) is 9.59 Å². The number of amides is 1. The van der Waals surface area contributed by atoms with Gasteiger partial charge in [-0.3, -0.25) is 9.59 Å². The first-order chi connectivity index (χ1) is 15.3. The molecule has 1 amide bonds. The molecule has 1 spiro atoms. The summed E-state index contributed by atoms with van der Waals surface area (Å²) in [6.45, 7) is 5.00. The van der Waals surface area contributed by atoms with Gasteiger partial charge in [0.1, 0.15) is 11.4 Å². The van der Waals surface area contributed by atoms with Crippen LogP contribution in [0.5, 0.6) is 23.0 Å². The molecular weight excluding hydrogens is 410 g/mol. The summed E-state index contributed by atoms with van der Waals surface area (Å²) in [5.74, 6) is 2.03. The number of hydrogen-bond acceptors (Lipinski definition) is 6. The van der Waals surface area contributed by atoms with Crippen molar-refractivity contribution in [2.24, 2.45) is 0 Å². The summed E-state index contributed by atoms with van der Waals surface area (Å²) < 4.78 is 23.0. The molecule has 2 heterocycles. The number of carbonyl (C=O) groups is 2. The van der Waals surface area contributed by atoms with Crippen molar-refractivity contribution in [1.29, 1.82) is 0 Å². The average molecular weight is 440 g/mol. The number of carbonyl (C=O) groups excluding carboxylic acids is 2. The third-order valence-corrected chi connectivity index (χ3v) is 6.19. The van der Waals surface area contributed by atoms with E-state index in [-0.39, 0.29) is 24.7 Å². The van der Waals surface area contributed by atoms with Crippen LogP contribution in [0, 0.1) is 13.8 Å². The Labute approximate surface area is 188 Å². The number of likely N-dealkylation sites (tertiary alicyclic amines) is 1. The Kier molecular flexibility index (Phi) is 6.00. The van der Waals surface area contributed by atoms with Gasteiger partial charge in [-0.2, -0.15) is 0 Å². The summed E-state index contributed by atoms with van der Waals surface area (Å²) in [6, 6.07) is 9.34. The van der Waals surface area contributed by atoms with E-state index >= 15 is 0 Å². The van der Waals surface area contributed by atoms with Crippen LogP contribution in [-0.4, -0.2) is 56.1 Å². The lowest BCUT2D eigenvalue weighted by atomic mass is 9.82. The maximum absolute atomic E-state index is 12.9. The molecule has 0 radical (unpaired) electrons. The smallest absolute Gasteiger partial charge is 0.260 e. The van der Waals surface area contributed by atoms with Gasteiger partial charge in [-0.15, -0.1) is 0 Å². The third kappa shape index (κ3) is 4.24. The first kappa shape index (κ1) is 22.0. The molecule has 32 heavy (non-hydrogen) atoms. The largest absolute Gasteiger partial charge is 0.493 e. The second kappa shape index (κ2) is 8.73. The maximum atomic E-state index is 12.9. The highest BCUT2D eigenvalue weighted by atomic mass is 16.5. The first-order valence-electron chi connectivity index (χ1n) is 10.8. The molecule has 7 heteroatoms. The first-order valence-corrected chi connectivity index (χ1v) is 10.8. The second-order valence-corrected chi connectivity index (χ2v) is 8.56. The Morgan fingerprint density at radius 2 is 1.75 bits per heavy atom. The van der Waals surface area contributed by atoms with Gasteiger partial charge in [0.05, 0.1) is 26.2 Å². The fourth-order valence-corrected chi connectivity index (χ4v) is 4.56. The highest BCUT2D eigenvalue weighted by Gasteiger charge is 2.45. The predicted molar refractivity (Wildman–Crippen MR) is 119 cm³/mol. The maximum Gasteiger partial charge on any atom is 0.260 e. The van der Waals surface area contributed by atoms with Crippen molar-refractivity contribution in [2.45, 2.75) is 38.7 Å². The molecule has 2 aromatic carbocycles. The van der Waals surface area contributed by atoms with Crippen LogP contribution in [-0.2, 0) is 4.79 Å². The lowest BCUT2D eigenvalue weighted by Gasteiger charge is -2.44. The quantitative estimate of drug-likeness (QED) is 0.707. The molecule has 0 saturated carbocycles. The molecular formula is C25H29NO6. The Morgan fingerprint density at radius 3 is 2.38 bits per heavy atom. The summed E-state index contributed by atoms with van der Waals surface area (Å²) in [5, 5.41) is 0. The molecule has 170 valence electrons. The number of aryl methyl sites for hydroxylation is 2. The Balaban J connectivity index is 1.42. The number of ketones is 1. The van der Waals surface area contributed by atoms with Crippen LogP contribution in [0.2, 0.25) is 0 Å². The van der Waals surface area contributed by atoms with E-state index in [1.807, 2.05) is 26.0 Å². The summed E-state index contributed by atoms with van der Waals surface area (Å²) in [7, 11) is 3.08. The zero-order valence-electron chi connectivity index (χ0n) is 19.0. The van der Waals surface area contributed by atoms with Crippen molar-refractivity contribution in [3.05, 3.63) is 47.0 Å². The number of fused-ring (bicyclic) bond motifs is 1. The van der Waals surface area contributed by atoms with Crippen molar-refractivity contribution in [1.82, 2.24) is 4.90 Å². The summed E-state index contributed by atoms with van der Waals surface area (Å²) >= 11 is 0. The van der Waals surface area contributed by atoms with Crippen molar-refractivity contribution >= 4 is 11.7 Å². The van der Waals surface area contributed by atoms with Gasteiger partial charge in [-0.25, -0.2) is 0 Å². The van der Waals surface area contributed by atoms with Crippen LogP contribution < -0.4 is 18.9 Å². The molecule has 1 saturated heterocycles. The monoisotopic (exact) mass is 439 g/mol. The molecule has 2 aliphatic rings. The number of rotatable bonds is 5. The number of ether oxygens (including phenoxy) is 4. The molecule has 0 atom stereocenters. The van der Waals surface area contributed by atoms with Gasteiger partial charge < -0.3 is 23.8 Å². The van der Waals surface area contributed by atoms with Crippen LogP contribution in [0.15, 0.2) is 30.3 Å². The van der Waals surface area contributed by atoms with Crippen LogP contribution in [0.3, 0.4) is 0 Å². The van der Waals surface area contributed by atoms with Gasteiger partial charge in [0, 0.05) is 25.9 Å². The van der Waals surface area contributed by atoms with Crippen LogP contribution in [0.25, 0.3) is 0 Å². The van der Waals surface area contributed by atoms with E-state index in [4.69, 9.17) is 18.9 Å². The third-order valence-electron chi connectivity index (χ3n) is 6.19. The Bertz CT molecular complexity index is 1020. The molecule has 0 unspecified atom stereocenters. The number of methoxy groups -OCH3 is 2. The molecule has 2 aromatic rings. The molecule has 0 aliphatic carbocycles. The molecule has 0 bridgehead atoms. The normalized spacial score (nSPS) is 16.9. The fourth-order valence-electron chi connectivity index (χ4n) is 4.56. The summed E-state index contributed by atoms with van der Waals surface area (Å²) in [5.41, 5.74) is 2.06. The zero-order chi connectivity index (χ0) is 22.9. The van der Waals surface area contributed by atoms with E-state index in [1.54, 1.807) is 24.1 Å². The van der Waals surface area contributed by atoms with Gasteiger partial charge in [0.25, 0.3) is 5.91 Å². The summed E-state index contributed by atoms with van der Waals surface area (Å²) in [6.07, 6.45) is 1.41. The lowest BCUT2D eigenvalue weighted by Crippen LogP contribution is -2.53. The van der Waals surface area contributed by atoms with E-state index in [0.29, 0.717) is 54.5 Å². The van der Waals surface area contributed by atoms with Crippen molar-refractivity contribution in [3.8, 4) is 23.0 Å². The van der Waals surface area contributed by atoms with Crippen LogP contribution in [0.4, 0.5) is 0 Å². The summed E-state index contributed by atoms with van der Waals surface area (Å²) in [4.78, 5) is 27.4. The van der Waals surface area contributed by atoms with Crippen LogP contribution >= 0.6 is 0 Å². The highest BCUT2D eigenvalue weighted by molar-refractivity contribution is 6.01. The average Bonchev–Trinajstić information content (AvgIpc) is 2.76. The minimum atomic E-state index is -0.644. The lowest BCUT2D eigenvalue weighted by molar-refractivity contribution is -0.137. The van der Waals surface area contributed by atoms with Crippen molar-refractivity contribution in [2.75, 3.05) is 33.9 Å². The molecule has 4 rings (SSSR count). The molecule has 7 nitrogen and oxygen atoms in total. The molecule has 0 N–H and O–H groups in total. The van der Waals surface area contributed by atoms with Gasteiger partial charge in [-0.1, -0.05) is 6.07 Å². The topological polar surface area (TPSA) is 74.3 Å². The number of hydrogen-bond donors (Lipinski definition) is 0. The van der Waals surface area contributed by atoms with E-state index < -0.39 is 5.60 Å². The van der Waals surface area contributed by atoms with Gasteiger partial charge in [-0.05, 0) is 49.2 Å². The minimum absolute atomic E-state index is 0.0104. The molecule has 0 aromatic heterocycles. The van der Waals surface area contributed by atoms with Crippen LogP contribution in [0.1, 0.15) is 40.7 Å². The van der Waals surface area contributed by atoms with E-state index in [0.717, 1.165) is 11.1 Å². The second-order valence-electron chi connectivity index (χ2n) is 8.56. The standard InChI is InChI=1S/C25H29NO6/c1-16-11-17(2)13-18(12-16)31-15-22(28)26-9-7-25(8-10-26)14-20(27)19-5-6-21(29-3)24(30-4)23(19)32-25/h5-6,11-13H,7-10,14-15H2,1-4H3. The van der Waals surface area contributed by atoms with Gasteiger partial charge >= 0.3 is 0 Å². The SMILES string of the molecule is COc1ccc2c(c1OC)OC1(CCN(C(=O)COc3cc(C)cc(C)c3)CC1)CC2=O. The number of piperidine rings is 1. The number of benzene rings is 2. The Morgan fingerprint density at radius 1 is 1.06 bits per heavy atom. The number of Topliss-reactive ketones (excluding diaryl/α,β-unsaturated/α-hetero) is 1. The zero-order valence-corrected chi connectivity index (χ0v) is 19.0. The fraction of sp³-hybridized carbons (Fsp3) is 0.440.